The molecule has 0 bridgehead atoms. The van der Waals surface area contributed by atoms with Crippen LogP contribution in [0.1, 0.15) is 12.8 Å². The summed E-state index contributed by atoms with van der Waals surface area (Å²) in [6, 6.07) is 0. The van der Waals surface area contributed by atoms with Gasteiger partial charge in [-0.1, -0.05) is 0 Å². The van der Waals surface area contributed by atoms with Crippen LogP contribution in [0.5, 0.6) is 0 Å². The fourth-order valence-electron chi connectivity index (χ4n) is 2.30. The second-order valence-corrected chi connectivity index (χ2v) is 6.75. The van der Waals surface area contributed by atoms with Crippen LogP contribution in [-0.2, 0) is 24.5 Å². The maximum absolute atomic E-state index is 12.5. The number of carbonyl (C=O) groups excluding carboxylic acids is 1. The molecule has 0 amide bonds. The Hall–Kier alpha value is -0.740. The van der Waals surface area contributed by atoms with E-state index in [2.05, 4.69) is 4.74 Å². The van der Waals surface area contributed by atoms with Crippen molar-refractivity contribution in [2.45, 2.75) is 12.8 Å². The number of nitrogens with zero attached hydrogens (tertiary/aromatic N) is 2. The van der Waals surface area contributed by atoms with E-state index in [9.17, 15) is 13.2 Å². The Balaban J connectivity index is 2.67. The zero-order chi connectivity index (χ0) is 15.9. The smallest absolute Gasteiger partial charge is 0.308 e. The third-order valence-electron chi connectivity index (χ3n) is 3.54. The first-order valence-corrected chi connectivity index (χ1v) is 8.30. The molecule has 1 aliphatic heterocycles. The molecule has 1 heterocycles. The quantitative estimate of drug-likeness (QED) is 0.579. The molecular weight excluding hydrogens is 300 g/mol. The van der Waals surface area contributed by atoms with E-state index in [4.69, 9.17) is 9.84 Å². The maximum atomic E-state index is 12.5. The normalized spacial score (nSPS) is 18.1. The number of carbonyl (C=O) groups is 1. The third kappa shape index (κ3) is 4.89. The lowest BCUT2D eigenvalue weighted by molar-refractivity contribution is -0.146. The Labute approximate surface area is 125 Å². The van der Waals surface area contributed by atoms with Crippen LogP contribution in [0.4, 0.5) is 0 Å². The maximum Gasteiger partial charge on any atom is 0.308 e. The van der Waals surface area contributed by atoms with E-state index < -0.39 is 10.2 Å². The molecule has 0 aromatic heterocycles. The van der Waals surface area contributed by atoms with Crippen LogP contribution in [0.3, 0.4) is 0 Å². The average Bonchev–Trinajstić information content (AvgIpc) is 2.50. The van der Waals surface area contributed by atoms with Gasteiger partial charge in [-0.05, 0) is 12.8 Å². The zero-order valence-electron chi connectivity index (χ0n) is 12.5. The number of methoxy groups -OCH3 is 2. The van der Waals surface area contributed by atoms with Gasteiger partial charge in [0.1, 0.15) is 0 Å². The first-order chi connectivity index (χ1) is 9.97. The number of hydrogen-bond acceptors (Lipinski definition) is 6. The number of esters is 1. The van der Waals surface area contributed by atoms with E-state index in [1.807, 2.05) is 0 Å². The highest BCUT2D eigenvalue weighted by Crippen LogP contribution is 2.22. The molecule has 1 aliphatic rings. The van der Waals surface area contributed by atoms with Gasteiger partial charge in [-0.2, -0.15) is 17.0 Å². The standard InChI is InChI=1S/C12H24N2O6S/c1-19-10-8-14(7-9-15)21(17,18)13-5-3-11(4-6-13)12(16)20-2/h11,15H,3-10H2,1-2H3. The summed E-state index contributed by atoms with van der Waals surface area (Å²) in [6.45, 7) is 0.784. The monoisotopic (exact) mass is 324 g/mol. The summed E-state index contributed by atoms with van der Waals surface area (Å²) in [4.78, 5) is 11.5. The molecule has 1 rings (SSSR count). The van der Waals surface area contributed by atoms with Gasteiger partial charge in [0.25, 0.3) is 10.2 Å². The number of hydrogen-bond donors (Lipinski definition) is 1. The largest absolute Gasteiger partial charge is 0.469 e. The van der Waals surface area contributed by atoms with Crippen molar-refractivity contribution in [3.05, 3.63) is 0 Å². The lowest BCUT2D eigenvalue weighted by atomic mass is 9.99. The molecule has 0 radical (unpaired) electrons. The molecule has 8 nitrogen and oxygen atoms in total. The summed E-state index contributed by atoms with van der Waals surface area (Å²) in [5.41, 5.74) is 0. The van der Waals surface area contributed by atoms with E-state index in [0.29, 0.717) is 12.8 Å². The van der Waals surface area contributed by atoms with Crippen molar-refractivity contribution >= 4 is 16.2 Å². The average molecular weight is 324 g/mol. The lowest BCUT2D eigenvalue weighted by Crippen LogP contribution is -2.49. The predicted octanol–water partition coefficient (Wildman–Crippen LogP) is -0.943. The molecule has 0 spiro atoms. The predicted molar refractivity (Wildman–Crippen MR) is 75.8 cm³/mol. The van der Waals surface area contributed by atoms with Gasteiger partial charge in [-0.3, -0.25) is 4.79 Å². The van der Waals surface area contributed by atoms with Gasteiger partial charge in [0.05, 0.1) is 26.2 Å². The van der Waals surface area contributed by atoms with Crippen LogP contribution in [0.25, 0.3) is 0 Å². The fourth-order valence-corrected chi connectivity index (χ4v) is 3.92. The van der Waals surface area contributed by atoms with E-state index in [1.54, 1.807) is 0 Å². The SMILES string of the molecule is COCCN(CCO)S(=O)(=O)N1CCC(C(=O)OC)CC1. The lowest BCUT2D eigenvalue weighted by Gasteiger charge is -2.33. The molecule has 0 aliphatic carbocycles. The molecule has 0 saturated carbocycles. The minimum Gasteiger partial charge on any atom is -0.469 e. The van der Waals surface area contributed by atoms with Crippen molar-refractivity contribution in [1.29, 1.82) is 0 Å². The first-order valence-electron chi connectivity index (χ1n) is 6.90. The van der Waals surface area contributed by atoms with E-state index >= 15 is 0 Å². The van der Waals surface area contributed by atoms with Crippen molar-refractivity contribution < 1.29 is 27.8 Å². The number of piperidine rings is 1. The van der Waals surface area contributed by atoms with Crippen LogP contribution in [-0.4, -0.2) is 81.7 Å². The van der Waals surface area contributed by atoms with Crippen molar-refractivity contribution in [2.75, 3.05) is 53.6 Å². The fraction of sp³-hybridized carbons (Fsp3) is 0.917. The van der Waals surface area contributed by atoms with E-state index in [0.717, 1.165) is 0 Å². The van der Waals surface area contributed by atoms with Gasteiger partial charge < -0.3 is 14.6 Å². The van der Waals surface area contributed by atoms with Gasteiger partial charge in [0.15, 0.2) is 0 Å². The molecule has 124 valence electrons. The highest BCUT2D eigenvalue weighted by molar-refractivity contribution is 7.86. The van der Waals surface area contributed by atoms with Crippen molar-refractivity contribution in [1.82, 2.24) is 8.61 Å². The molecule has 21 heavy (non-hydrogen) atoms. The Morgan fingerprint density at radius 1 is 1.29 bits per heavy atom. The van der Waals surface area contributed by atoms with Gasteiger partial charge >= 0.3 is 5.97 Å². The first kappa shape index (κ1) is 18.3. The van der Waals surface area contributed by atoms with Crippen molar-refractivity contribution in [2.24, 2.45) is 5.92 Å². The molecule has 1 N–H and O–H groups in total. The topological polar surface area (TPSA) is 96.4 Å². The van der Waals surface area contributed by atoms with Crippen LogP contribution in [0.2, 0.25) is 0 Å². The van der Waals surface area contributed by atoms with Crippen molar-refractivity contribution in [3.8, 4) is 0 Å². The molecule has 1 saturated heterocycles. The number of aliphatic hydroxyl groups is 1. The molecule has 0 aromatic rings. The van der Waals surface area contributed by atoms with Crippen LogP contribution < -0.4 is 0 Å². The van der Waals surface area contributed by atoms with Crippen LogP contribution in [0.15, 0.2) is 0 Å². The third-order valence-corrected chi connectivity index (χ3v) is 5.57. The summed E-state index contributed by atoms with van der Waals surface area (Å²) in [7, 11) is -0.816. The Bertz CT molecular complexity index is 419. The Morgan fingerprint density at radius 3 is 2.38 bits per heavy atom. The summed E-state index contributed by atoms with van der Waals surface area (Å²) < 4.78 is 37.1. The van der Waals surface area contributed by atoms with Gasteiger partial charge in [0.2, 0.25) is 0 Å². The highest BCUT2D eigenvalue weighted by atomic mass is 32.2. The number of aliphatic hydroxyl groups excluding tert-OH is 1. The molecule has 0 unspecified atom stereocenters. The van der Waals surface area contributed by atoms with Gasteiger partial charge in [-0.15, -0.1) is 0 Å². The summed E-state index contributed by atoms with van der Waals surface area (Å²) >= 11 is 0. The number of rotatable bonds is 8. The summed E-state index contributed by atoms with van der Waals surface area (Å²) in [5, 5.41) is 9.02. The second-order valence-electron chi connectivity index (χ2n) is 4.82. The zero-order valence-corrected chi connectivity index (χ0v) is 13.3. The minimum atomic E-state index is -3.64. The molecule has 0 aromatic carbocycles. The molecule has 9 heteroatoms. The summed E-state index contributed by atoms with van der Waals surface area (Å²) in [6.07, 6.45) is 0.895. The van der Waals surface area contributed by atoms with Crippen LogP contribution in [0, 0.1) is 5.92 Å². The van der Waals surface area contributed by atoms with Gasteiger partial charge in [-0.25, -0.2) is 0 Å². The van der Waals surface area contributed by atoms with E-state index in [-0.39, 0.29) is 51.3 Å². The molecule has 0 atom stereocenters. The molecular formula is C12H24N2O6S. The van der Waals surface area contributed by atoms with E-state index in [1.165, 1.54) is 22.8 Å². The highest BCUT2D eigenvalue weighted by Gasteiger charge is 2.34. The minimum absolute atomic E-state index is 0.0304. The van der Waals surface area contributed by atoms with Gasteiger partial charge in [0, 0.05) is 33.3 Å². The Morgan fingerprint density at radius 2 is 1.90 bits per heavy atom. The summed E-state index contributed by atoms with van der Waals surface area (Å²) in [5.74, 6) is -0.537. The molecule has 1 fully saturated rings. The second kappa shape index (κ2) is 8.64. The van der Waals surface area contributed by atoms with Crippen LogP contribution >= 0.6 is 0 Å². The Kier molecular flexibility index (Phi) is 7.53. The number of ether oxygens (including phenoxy) is 2. The van der Waals surface area contributed by atoms with Crippen molar-refractivity contribution in [3.63, 3.8) is 0 Å².